The van der Waals surface area contributed by atoms with Crippen molar-refractivity contribution < 1.29 is 14.8 Å². The molecule has 0 radical (unpaired) electrons. The van der Waals surface area contributed by atoms with Gasteiger partial charge in [0.1, 0.15) is 0 Å². The molecule has 0 saturated carbocycles. The Kier molecular flexibility index (Phi) is 6.41. The van der Waals surface area contributed by atoms with E-state index in [0.29, 0.717) is 11.8 Å². The summed E-state index contributed by atoms with van der Waals surface area (Å²) in [5, 5.41) is 11.3. The van der Waals surface area contributed by atoms with Gasteiger partial charge in [-0.3, -0.25) is 0 Å². The molecule has 4 unspecified atom stereocenters. The SMILES string of the molecule is CCC=CCC(CC)C1CC[NH+](C)CC1C(=O)[O-]. The van der Waals surface area contributed by atoms with Crippen molar-refractivity contribution in [2.24, 2.45) is 17.8 Å². The van der Waals surface area contributed by atoms with Crippen molar-refractivity contribution in [1.82, 2.24) is 0 Å². The highest BCUT2D eigenvalue weighted by Crippen LogP contribution is 2.30. The van der Waals surface area contributed by atoms with Gasteiger partial charge in [0.2, 0.25) is 0 Å². The van der Waals surface area contributed by atoms with Crippen molar-refractivity contribution in [2.45, 2.75) is 39.5 Å². The number of carbonyl (C=O) groups excluding carboxylic acids is 1. The lowest BCUT2D eigenvalue weighted by atomic mass is 9.74. The molecule has 1 aliphatic heterocycles. The molecule has 4 atom stereocenters. The van der Waals surface area contributed by atoms with Gasteiger partial charge in [0.05, 0.1) is 32.0 Å². The molecule has 0 aromatic carbocycles. The first-order chi connectivity index (χ1) is 8.60. The van der Waals surface area contributed by atoms with Crippen LogP contribution < -0.4 is 10.0 Å². The fourth-order valence-corrected chi connectivity index (χ4v) is 3.15. The van der Waals surface area contributed by atoms with Crippen LogP contribution in [0.15, 0.2) is 12.2 Å². The molecule has 1 N–H and O–H groups in total. The van der Waals surface area contributed by atoms with Crippen molar-refractivity contribution >= 4 is 5.97 Å². The van der Waals surface area contributed by atoms with E-state index in [2.05, 4.69) is 33.0 Å². The number of carboxylic acid groups (broad SMARTS) is 1. The molecule has 0 aliphatic carbocycles. The Labute approximate surface area is 111 Å². The number of hydrogen-bond donors (Lipinski definition) is 1. The number of rotatable bonds is 6. The van der Waals surface area contributed by atoms with E-state index in [1.54, 1.807) is 0 Å². The Morgan fingerprint density at radius 3 is 2.72 bits per heavy atom. The third-order valence-corrected chi connectivity index (χ3v) is 4.26. The number of allylic oxidation sites excluding steroid dienone is 2. The molecule has 3 nitrogen and oxygen atoms in total. The lowest BCUT2D eigenvalue weighted by Gasteiger charge is -2.39. The van der Waals surface area contributed by atoms with Crippen LogP contribution in [0.1, 0.15) is 39.5 Å². The molecule has 0 aromatic rings. The number of aliphatic carboxylic acids is 1. The van der Waals surface area contributed by atoms with Crippen LogP contribution in [0.5, 0.6) is 0 Å². The predicted molar refractivity (Wildman–Crippen MR) is 71.1 cm³/mol. The fourth-order valence-electron chi connectivity index (χ4n) is 3.15. The Balaban J connectivity index is 2.69. The standard InChI is InChI=1S/C15H27NO2/c1-4-6-7-8-12(5-2)13-9-10-16(3)11-14(13)15(17)18/h6-7,12-14H,4-5,8-11H2,1-3H3,(H,17,18). The lowest BCUT2D eigenvalue weighted by molar-refractivity contribution is -0.889. The summed E-state index contributed by atoms with van der Waals surface area (Å²) in [6.45, 7) is 6.10. The summed E-state index contributed by atoms with van der Waals surface area (Å²) in [5.41, 5.74) is 0. The second kappa shape index (κ2) is 7.57. The molecule has 1 aliphatic rings. The number of piperidine rings is 1. The first-order valence-electron chi connectivity index (χ1n) is 7.27. The highest BCUT2D eigenvalue weighted by atomic mass is 16.4. The van der Waals surface area contributed by atoms with Crippen molar-refractivity contribution in [3.8, 4) is 0 Å². The number of nitrogens with one attached hydrogen (secondary N) is 1. The average Bonchev–Trinajstić information content (AvgIpc) is 2.35. The molecule has 18 heavy (non-hydrogen) atoms. The lowest BCUT2D eigenvalue weighted by Crippen LogP contribution is -3.11. The zero-order valence-corrected chi connectivity index (χ0v) is 11.9. The maximum atomic E-state index is 11.3. The van der Waals surface area contributed by atoms with Gasteiger partial charge < -0.3 is 14.8 Å². The molecule has 1 heterocycles. The summed E-state index contributed by atoms with van der Waals surface area (Å²) in [5.74, 6) is -0.329. The van der Waals surface area contributed by atoms with E-state index in [1.165, 1.54) is 4.90 Å². The van der Waals surface area contributed by atoms with Gasteiger partial charge in [-0.05, 0) is 24.7 Å². The molecule has 0 bridgehead atoms. The molecule has 1 fully saturated rings. The molecule has 0 aromatic heterocycles. The number of quaternary nitrogens is 1. The highest BCUT2D eigenvalue weighted by Gasteiger charge is 2.35. The van der Waals surface area contributed by atoms with E-state index in [4.69, 9.17) is 0 Å². The van der Waals surface area contributed by atoms with Crippen molar-refractivity contribution in [3.05, 3.63) is 12.2 Å². The summed E-state index contributed by atoms with van der Waals surface area (Å²) in [4.78, 5) is 12.6. The van der Waals surface area contributed by atoms with E-state index < -0.39 is 5.97 Å². The first kappa shape index (κ1) is 15.2. The van der Waals surface area contributed by atoms with Gasteiger partial charge in [-0.1, -0.05) is 32.4 Å². The largest absolute Gasteiger partial charge is 0.550 e. The number of hydrogen-bond acceptors (Lipinski definition) is 2. The fraction of sp³-hybridized carbons (Fsp3) is 0.800. The molecular weight excluding hydrogens is 226 g/mol. The minimum atomic E-state index is -0.850. The highest BCUT2D eigenvalue weighted by molar-refractivity contribution is 5.68. The summed E-state index contributed by atoms with van der Waals surface area (Å²) < 4.78 is 0. The van der Waals surface area contributed by atoms with E-state index in [0.717, 1.165) is 38.8 Å². The summed E-state index contributed by atoms with van der Waals surface area (Å²) in [7, 11) is 2.07. The Hall–Kier alpha value is -0.830. The molecule has 1 rings (SSSR count). The van der Waals surface area contributed by atoms with E-state index in [-0.39, 0.29) is 5.92 Å². The zero-order chi connectivity index (χ0) is 13.5. The van der Waals surface area contributed by atoms with Crippen LogP contribution >= 0.6 is 0 Å². The van der Waals surface area contributed by atoms with Crippen LogP contribution in [-0.2, 0) is 4.79 Å². The first-order valence-corrected chi connectivity index (χ1v) is 7.27. The normalized spacial score (nSPS) is 30.5. The van der Waals surface area contributed by atoms with E-state index in [9.17, 15) is 9.90 Å². The van der Waals surface area contributed by atoms with Gasteiger partial charge in [-0.25, -0.2) is 0 Å². The molecule has 0 amide bonds. The van der Waals surface area contributed by atoms with Gasteiger partial charge >= 0.3 is 0 Å². The molecule has 0 spiro atoms. The molecule has 104 valence electrons. The van der Waals surface area contributed by atoms with Gasteiger partial charge in [0, 0.05) is 6.42 Å². The van der Waals surface area contributed by atoms with E-state index in [1.807, 2.05) is 0 Å². The van der Waals surface area contributed by atoms with Crippen LogP contribution in [0.3, 0.4) is 0 Å². The summed E-state index contributed by atoms with van der Waals surface area (Å²) in [6.07, 6.45) is 8.53. The van der Waals surface area contributed by atoms with Crippen molar-refractivity contribution in [1.29, 1.82) is 0 Å². The molecule has 3 heteroatoms. The second-order valence-corrected chi connectivity index (χ2v) is 5.57. The Bertz CT molecular complexity index is 288. The topological polar surface area (TPSA) is 44.6 Å². The maximum absolute atomic E-state index is 11.3. The van der Waals surface area contributed by atoms with Crippen LogP contribution in [0.25, 0.3) is 0 Å². The van der Waals surface area contributed by atoms with Crippen LogP contribution in [-0.4, -0.2) is 26.1 Å². The molecule has 1 saturated heterocycles. The van der Waals surface area contributed by atoms with E-state index >= 15 is 0 Å². The van der Waals surface area contributed by atoms with Crippen LogP contribution in [0.2, 0.25) is 0 Å². The Morgan fingerprint density at radius 1 is 1.44 bits per heavy atom. The summed E-state index contributed by atoms with van der Waals surface area (Å²) >= 11 is 0. The zero-order valence-electron chi connectivity index (χ0n) is 11.9. The predicted octanol–water partition coefficient (Wildman–Crippen LogP) is 0.270. The number of likely N-dealkylation sites (tertiary alicyclic amines) is 1. The number of carboxylic acids is 1. The quantitative estimate of drug-likeness (QED) is 0.691. The monoisotopic (exact) mass is 253 g/mol. The van der Waals surface area contributed by atoms with Gasteiger partial charge in [0.25, 0.3) is 0 Å². The second-order valence-electron chi connectivity index (χ2n) is 5.57. The minimum Gasteiger partial charge on any atom is -0.550 e. The smallest absolute Gasteiger partial charge is 0.0853 e. The number of carbonyl (C=O) groups is 1. The van der Waals surface area contributed by atoms with Crippen molar-refractivity contribution in [3.63, 3.8) is 0 Å². The molecular formula is C15H27NO2. The third kappa shape index (κ3) is 4.13. The van der Waals surface area contributed by atoms with Gasteiger partial charge in [-0.15, -0.1) is 0 Å². The summed E-state index contributed by atoms with van der Waals surface area (Å²) in [6, 6.07) is 0. The van der Waals surface area contributed by atoms with Crippen LogP contribution in [0.4, 0.5) is 0 Å². The Morgan fingerprint density at radius 2 is 2.17 bits per heavy atom. The maximum Gasteiger partial charge on any atom is 0.0853 e. The third-order valence-electron chi connectivity index (χ3n) is 4.26. The van der Waals surface area contributed by atoms with Gasteiger partial charge in [0.15, 0.2) is 0 Å². The van der Waals surface area contributed by atoms with Crippen molar-refractivity contribution in [2.75, 3.05) is 20.1 Å². The van der Waals surface area contributed by atoms with Gasteiger partial charge in [-0.2, -0.15) is 0 Å². The average molecular weight is 253 g/mol. The van der Waals surface area contributed by atoms with Crippen LogP contribution in [0, 0.1) is 17.8 Å². The minimum absolute atomic E-state index is 0.265.